The SMILES string of the molecule is CC1CCCCC1N(C)C(C)c1cc(Br)ccc1O. The minimum absolute atomic E-state index is 0.239. The van der Waals surface area contributed by atoms with Crippen molar-refractivity contribution in [2.24, 2.45) is 5.92 Å². The summed E-state index contributed by atoms with van der Waals surface area (Å²) >= 11 is 3.49. The Bertz CT molecular complexity index is 435. The van der Waals surface area contributed by atoms with Crippen molar-refractivity contribution in [1.82, 2.24) is 4.90 Å². The smallest absolute Gasteiger partial charge is 0.120 e. The van der Waals surface area contributed by atoms with Gasteiger partial charge in [-0.2, -0.15) is 0 Å². The highest BCUT2D eigenvalue weighted by Gasteiger charge is 2.29. The van der Waals surface area contributed by atoms with Crippen molar-refractivity contribution in [1.29, 1.82) is 0 Å². The highest BCUT2D eigenvalue weighted by molar-refractivity contribution is 9.10. The molecule has 0 aliphatic heterocycles. The number of phenols is 1. The van der Waals surface area contributed by atoms with Crippen LogP contribution in [0.5, 0.6) is 5.75 Å². The zero-order valence-corrected chi connectivity index (χ0v) is 13.7. The Hall–Kier alpha value is -0.540. The third-order valence-electron chi connectivity index (χ3n) is 4.64. The number of hydrogen-bond donors (Lipinski definition) is 1. The van der Waals surface area contributed by atoms with Gasteiger partial charge in [0, 0.05) is 22.1 Å². The van der Waals surface area contributed by atoms with Gasteiger partial charge in [0.05, 0.1) is 0 Å². The summed E-state index contributed by atoms with van der Waals surface area (Å²) in [5, 5.41) is 10.1. The summed E-state index contributed by atoms with van der Waals surface area (Å²) in [5.74, 6) is 1.14. The highest BCUT2D eigenvalue weighted by Crippen LogP contribution is 2.35. The minimum Gasteiger partial charge on any atom is -0.508 e. The van der Waals surface area contributed by atoms with Crippen LogP contribution in [0.15, 0.2) is 22.7 Å². The first kappa shape index (κ1) is 14.9. The van der Waals surface area contributed by atoms with E-state index in [2.05, 4.69) is 41.7 Å². The molecule has 1 N–H and O–H groups in total. The van der Waals surface area contributed by atoms with Gasteiger partial charge in [-0.25, -0.2) is 0 Å². The first-order valence-corrected chi connectivity index (χ1v) is 8.00. The largest absolute Gasteiger partial charge is 0.508 e. The van der Waals surface area contributed by atoms with Crippen molar-refractivity contribution in [2.45, 2.75) is 51.6 Å². The number of rotatable bonds is 3. The molecule has 3 heteroatoms. The molecule has 0 saturated heterocycles. The average Bonchev–Trinajstić information content (AvgIpc) is 2.40. The molecule has 1 fully saturated rings. The first-order chi connectivity index (χ1) is 9.00. The quantitative estimate of drug-likeness (QED) is 0.868. The Labute approximate surface area is 124 Å². The van der Waals surface area contributed by atoms with E-state index in [4.69, 9.17) is 0 Å². The van der Waals surface area contributed by atoms with Crippen LogP contribution in [0.25, 0.3) is 0 Å². The standard InChI is InChI=1S/C16H24BrNO/c1-11-6-4-5-7-15(11)18(3)12(2)14-10-13(17)8-9-16(14)19/h8-12,15,19H,4-7H2,1-3H3. The zero-order valence-electron chi connectivity index (χ0n) is 12.1. The average molecular weight is 326 g/mol. The molecule has 3 unspecified atom stereocenters. The maximum absolute atomic E-state index is 10.1. The second-order valence-corrected chi connectivity index (χ2v) is 6.79. The van der Waals surface area contributed by atoms with Crippen molar-refractivity contribution in [3.05, 3.63) is 28.2 Å². The molecule has 2 nitrogen and oxygen atoms in total. The summed E-state index contributed by atoms with van der Waals surface area (Å²) in [7, 11) is 2.19. The number of nitrogens with zero attached hydrogens (tertiary/aromatic N) is 1. The molecule has 1 aromatic rings. The van der Waals surface area contributed by atoms with Crippen LogP contribution in [0.4, 0.5) is 0 Å². The van der Waals surface area contributed by atoms with Gasteiger partial charge in [0.25, 0.3) is 0 Å². The third kappa shape index (κ3) is 3.32. The van der Waals surface area contributed by atoms with Crippen LogP contribution < -0.4 is 0 Å². The van der Waals surface area contributed by atoms with Gasteiger partial charge in [0.1, 0.15) is 5.75 Å². The Morgan fingerprint density at radius 3 is 2.68 bits per heavy atom. The van der Waals surface area contributed by atoms with E-state index in [1.165, 1.54) is 25.7 Å². The third-order valence-corrected chi connectivity index (χ3v) is 5.13. The van der Waals surface area contributed by atoms with Crippen LogP contribution in [0.3, 0.4) is 0 Å². The van der Waals surface area contributed by atoms with E-state index in [1.54, 1.807) is 6.07 Å². The molecule has 0 spiro atoms. The second-order valence-electron chi connectivity index (χ2n) is 5.87. The maximum atomic E-state index is 10.1. The molecule has 0 radical (unpaired) electrons. The first-order valence-electron chi connectivity index (χ1n) is 7.21. The van der Waals surface area contributed by atoms with E-state index >= 15 is 0 Å². The fourth-order valence-electron chi connectivity index (χ4n) is 3.27. The molecule has 0 aromatic heterocycles. The molecule has 0 heterocycles. The van der Waals surface area contributed by atoms with Gasteiger partial charge in [0.2, 0.25) is 0 Å². The van der Waals surface area contributed by atoms with Crippen molar-refractivity contribution in [2.75, 3.05) is 7.05 Å². The molecule has 19 heavy (non-hydrogen) atoms. The van der Waals surface area contributed by atoms with Gasteiger partial charge in [-0.3, -0.25) is 4.90 Å². The summed E-state index contributed by atoms with van der Waals surface area (Å²) < 4.78 is 1.03. The normalized spacial score (nSPS) is 25.5. The Kier molecular flexibility index (Phi) is 4.91. The summed E-state index contributed by atoms with van der Waals surface area (Å²) in [4.78, 5) is 2.44. The molecule has 1 saturated carbocycles. The second kappa shape index (κ2) is 6.27. The molecule has 106 valence electrons. The molecule has 0 amide bonds. The van der Waals surface area contributed by atoms with Gasteiger partial charge >= 0.3 is 0 Å². The number of benzene rings is 1. The predicted molar refractivity (Wildman–Crippen MR) is 83.4 cm³/mol. The summed E-state index contributed by atoms with van der Waals surface area (Å²) in [6, 6.07) is 6.55. The van der Waals surface area contributed by atoms with Crippen LogP contribution in [0, 0.1) is 5.92 Å². The Morgan fingerprint density at radius 1 is 1.32 bits per heavy atom. The lowest BCUT2D eigenvalue weighted by atomic mass is 9.84. The minimum atomic E-state index is 0.239. The fourth-order valence-corrected chi connectivity index (χ4v) is 3.65. The van der Waals surface area contributed by atoms with Gasteiger partial charge in [0.15, 0.2) is 0 Å². The zero-order chi connectivity index (χ0) is 14.0. The van der Waals surface area contributed by atoms with Crippen LogP contribution in [0.2, 0.25) is 0 Å². The number of hydrogen-bond acceptors (Lipinski definition) is 2. The Morgan fingerprint density at radius 2 is 2.00 bits per heavy atom. The van der Waals surface area contributed by atoms with E-state index in [0.717, 1.165) is 16.0 Å². The van der Waals surface area contributed by atoms with E-state index < -0.39 is 0 Å². The highest BCUT2D eigenvalue weighted by atomic mass is 79.9. The molecule has 1 aliphatic rings. The van der Waals surface area contributed by atoms with E-state index in [1.807, 2.05) is 12.1 Å². The lowest BCUT2D eigenvalue weighted by Gasteiger charge is -2.40. The van der Waals surface area contributed by atoms with Gasteiger partial charge in [-0.1, -0.05) is 35.7 Å². The number of phenolic OH excluding ortho intramolecular Hbond substituents is 1. The Balaban J connectivity index is 2.17. The van der Waals surface area contributed by atoms with E-state index in [0.29, 0.717) is 11.8 Å². The van der Waals surface area contributed by atoms with Crippen LogP contribution in [-0.2, 0) is 0 Å². The van der Waals surface area contributed by atoms with E-state index in [9.17, 15) is 5.11 Å². The number of aromatic hydroxyl groups is 1. The van der Waals surface area contributed by atoms with Crippen molar-refractivity contribution in [3.8, 4) is 5.75 Å². The summed E-state index contributed by atoms with van der Waals surface area (Å²) in [5.41, 5.74) is 1.01. The van der Waals surface area contributed by atoms with Crippen LogP contribution >= 0.6 is 15.9 Å². The molecule has 0 bridgehead atoms. The van der Waals surface area contributed by atoms with Crippen molar-refractivity contribution in [3.63, 3.8) is 0 Å². The van der Waals surface area contributed by atoms with Crippen molar-refractivity contribution < 1.29 is 5.11 Å². The van der Waals surface area contributed by atoms with Gasteiger partial charge in [-0.15, -0.1) is 0 Å². The number of halogens is 1. The van der Waals surface area contributed by atoms with E-state index in [-0.39, 0.29) is 6.04 Å². The molecule has 2 rings (SSSR count). The summed E-state index contributed by atoms with van der Waals surface area (Å²) in [6.45, 7) is 4.54. The lowest BCUT2D eigenvalue weighted by Crippen LogP contribution is -2.40. The summed E-state index contributed by atoms with van der Waals surface area (Å²) in [6.07, 6.45) is 5.29. The molecule has 1 aliphatic carbocycles. The van der Waals surface area contributed by atoms with Gasteiger partial charge < -0.3 is 5.11 Å². The maximum Gasteiger partial charge on any atom is 0.120 e. The molecule has 3 atom stereocenters. The van der Waals surface area contributed by atoms with Gasteiger partial charge in [-0.05, 0) is 50.9 Å². The van der Waals surface area contributed by atoms with Crippen molar-refractivity contribution >= 4 is 15.9 Å². The molecule has 1 aromatic carbocycles. The van der Waals surface area contributed by atoms with Crippen LogP contribution in [0.1, 0.15) is 51.1 Å². The fraction of sp³-hybridized carbons (Fsp3) is 0.625. The topological polar surface area (TPSA) is 23.5 Å². The lowest BCUT2D eigenvalue weighted by molar-refractivity contribution is 0.102. The monoisotopic (exact) mass is 325 g/mol. The van der Waals surface area contributed by atoms with Crippen LogP contribution in [-0.4, -0.2) is 23.1 Å². The molecular weight excluding hydrogens is 302 g/mol. The predicted octanol–water partition coefficient (Wildman–Crippen LogP) is 4.73. The molecular formula is C16H24BrNO.